The summed E-state index contributed by atoms with van der Waals surface area (Å²) in [7, 11) is 1.73. The van der Waals surface area contributed by atoms with E-state index in [0.717, 1.165) is 11.3 Å². The van der Waals surface area contributed by atoms with Gasteiger partial charge in [0, 0.05) is 16.7 Å². The summed E-state index contributed by atoms with van der Waals surface area (Å²) in [6.07, 6.45) is 0.834. The second-order valence-electron chi connectivity index (χ2n) is 8.75. The number of nitrogens with zero attached hydrogens (tertiary/aromatic N) is 3. The van der Waals surface area contributed by atoms with Crippen molar-refractivity contribution in [3.8, 4) is 5.69 Å². The molecule has 2 bridgehead atoms. The normalized spacial score (nSPS) is 30.8. The standard InChI is InChI=1S/C22H22Br2N4O4/c1-10-19(22(32)28(26(10)2)11-6-4-3-5-7-11)25-14(29)9-27-20(30)15-12-8-13(16(15)21(27)31)18(24)17(12)23/h3-7,12-13,15-18H,8-9H2,1-2H3,(H,25,29)/t12-,13-,15-,16-,17+,18+/m1/s1. The molecule has 1 aliphatic heterocycles. The van der Waals surface area contributed by atoms with E-state index in [1.807, 2.05) is 18.2 Å². The van der Waals surface area contributed by atoms with Gasteiger partial charge in [0.2, 0.25) is 17.7 Å². The Hall–Kier alpha value is -2.20. The van der Waals surface area contributed by atoms with Crippen LogP contribution in [0.5, 0.6) is 0 Å². The molecule has 5 rings (SSSR count). The number of rotatable bonds is 4. The first-order valence-electron chi connectivity index (χ1n) is 10.5. The van der Waals surface area contributed by atoms with Gasteiger partial charge in [0.05, 0.1) is 23.2 Å². The average Bonchev–Trinajstić information content (AvgIpc) is 3.43. The molecular formula is C22H22Br2N4O4. The fourth-order valence-electron chi connectivity index (χ4n) is 5.60. The molecule has 32 heavy (non-hydrogen) atoms. The fourth-order valence-corrected chi connectivity index (χ4v) is 7.47. The highest BCUT2D eigenvalue weighted by Crippen LogP contribution is 2.60. The van der Waals surface area contributed by atoms with E-state index in [2.05, 4.69) is 37.2 Å². The van der Waals surface area contributed by atoms with Crippen LogP contribution in [-0.4, -0.2) is 48.2 Å². The fraction of sp³-hybridized carbons (Fsp3) is 0.455. The highest BCUT2D eigenvalue weighted by atomic mass is 79.9. The second-order valence-corrected chi connectivity index (χ2v) is 10.9. The number of para-hydroxylation sites is 1. The molecule has 8 nitrogen and oxygen atoms in total. The number of carbonyl (C=O) groups excluding carboxylic acids is 3. The summed E-state index contributed by atoms with van der Waals surface area (Å²) >= 11 is 7.31. The number of hydrogen-bond acceptors (Lipinski definition) is 4. The quantitative estimate of drug-likeness (QED) is 0.454. The van der Waals surface area contributed by atoms with Gasteiger partial charge in [0.1, 0.15) is 12.2 Å². The molecule has 2 heterocycles. The van der Waals surface area contributed by atoms with E-state index in [1.54, 1.807) is 30.8 Å². The van der Waals surface area contributed by atoms with E-state index < -0.39 is 5.91 Å². The number of alkyl halides is 2. The number of anilines is 1. The van der Waals surface area contributed by atoms with Crippen LogP contribution in [0.25, 0.3) is 5.69 Å². The molecule has 1 saturated heterocycles. The van der Waals surface area contributed by atoms with E-state index in [0.29, 0.717) is 11.4 Å². The summed E-state index contributed by atoms with van der Waals surface area (Å²) in [4.78, 5) is 53.2. The number of aromatic nitrogens is 2. The summed E-state index contributed by atoms with van der Waals surface area (Å²) in [5.41, 5.74) is 1.01. The second kappa shape index (κ2) is 7.69. The third-order valence-corrected chi connectivity index (χ3v) is 10.4. The highest BCUT2D eigenvalue weighted by molar-refractivity contribution is 9.12. The van der Waals surface area contributed by atoms with Crippen molar-refractivity contribution in [2.75, 3.05) is 11.9 Å². The lowest BCUT2D eigenvalue weighted by Crippen LogP contribution is -2.40. The van der Waals surface area contributed by atoms with Crippen LogP contribution in [-0.2, 0) is 21.4 Å². The molecule has 1 aromatic carbocycles. The molecule has 168 valence electrons. The van der Waals surface area contributed by atoms with Crippen LogP contribution in [0.4, 0.5) is 5.69 Å². The van der Waals surface area contributed by atoms with Crippen molar-refractivity contribution in [2.24, 2.45) is 30.7 Å². The smallest absolute Gasteiger partial charge is 0.295 e. The van der Waals surface area contributed by atoms with Crippen molar-refractivity contribution >= 4 is 55.3 Å². The molecular weight excluding hydrogens is 544 g/mol. The van der Waals surface area contributed by atoms with Crippen LogP contribution in [0, 0.1) is 30.6 Å². The molecule has 2 aromatic rings. The van der Waals surface area contributed by atoms with Crippen LogP contribution < -0.4 is 10.9 Å². The zero-order chi connectivity index (χ0) is 22.9. The van der Waals surface area contributed by atoms with E-state index in [9.17, 15) is 19.2 Å². The molecule has 1 N–H and O–H groups in total. The maximum absolute atomic E-state index is 13.0. The van der Waals surface area contributed by atoms with Crippen molar-refractivity contribution in [2.45, 2.75) is 23.0 Å². The maximum atomic E-state index is 13.0. The molecule has 0 spiro atoms. The Labute approximate surface area is 201 Å². The van der Waals surface area contributed by atoms with Crippen molar-refractivity contribution < 1.29 is 14.4 Å². The zero-order valence-corrected chi connectivity index (χ0v) is 20.7. The Kier molecular flexibility index (Phi) is 5.20. The van der Waals surface area contributed by atoms with Gasteiger partial charge in [-0.2, -0.15) is 0 Å². The van der Waals surface area contributed by atoms with Gasteiger partial charge >= 0.3 is 0 Å². The maximum Gasteiger partial charge on any atom is 0.295 e. The monoisotopic (exact) mass is 564 g/mol. The van der Waals surface area contributed by atoms with Gasteiger partial charge in [-0.05, 0) is 37.3 Å². The Morgan fingerprint density at radius 1 is 1.03 bits per heavy atom. The molecule has 1 aromatic heterocycles. The van der Waals surface area contributed by atoms with Gasteiger partial charge in [-0.25, -0.2) is 4.68 Å². The van der Waals surface area contributed by atoms with Crippen molar-refractivity contribution in [3.05, 3.63) is 46.4 Å². The minimum Gasteiger partial charge on any atom is -0.318 e. The lowest BCUT2D eigenvalue weighted by atomic mass is 9.81. The van der Waals surface area contributed by atoms with Gasteiger partial charge in [0.25, 0.3) is 5.56 Å². The van der Waals surface area contributed by atoms with Gasteiger partial charge in [-0.1, -0.05) is 50.1 Å². The van der Waals surface area contributed by atoms with Crippen LogP contribution >= 0.6 is 31.9 Å². The molecule has 3 amide bonds. The van der Waals surface area contributed by atoms with E-state index in [4.69, 9.17) is 0 Å². The third-order valence-electron chi connectivity index (χ3n) is 7.20. The number of likely N-dealkylation sites (tertiary alicyclic amines) is 1. The molecule has 2 saturated carbocycles. The van der Waals surface area contributed by atoms with E-state index in [-0.39, 0.29) is 62.9 Å². The summed E-state index contributed by atoms with van der Waals surface area (Å²) < 4.78 is 3.12. The number of nitrogens with one attached hydrogen (secondary N) is 1. The first-order chi connectivity index (χ1) is 15.2. The molecule has 10 heteroatoms. The Balaban J connectivity index is 1.36. The third kappa shape index (κ3) is 2.98. The molecule has 2 aliphatic carbocycles. The molecule has 3 fully saturated rings. The predicted octanol–water partition coefficient (Wildman–Crippen LogP) is 2.20. The Morgan fingerprint density at radius 2 is 1.59 bits per heavy atom. The summed E-state index contributed by atoms with van der Waals surface area (Å²) in [6.45, 7) is 1.35. The number of imide groups is 1. The summed E-state index contributed by atoms with van der Waals surface area (Å²) in [5.74, 6) is -1.67. The number of carbonyl (C=O) groups is 3. The Morgan fingerprint density at radius 3 is 2.16 bits per heavy atom. The van der Waals surface area contributed by atoms with Gasteiger partial charge in [-0.3, -0.25) is 28.8 Å². The van der Waals surface area contributed by atoms with Crippen molar-refractivity contribution in [3.63, 3.8) is 0 Å². The summed E-state index contributed by atoms with van der Waals surface area (Å²) in [5, 5.41) is 2.64. The lowest BCUT2D eigenvalue weighted by Gasteiger charge is -2.28. The van der Waals surface area contributed by atoms with E-state index in [1.165, 1.54) is 4.68 Å². The highest BCUT2D eigenvalue weighted by Gasteiger charge is 2.66. The van der Waals surface area contributed by atoms with Gasteiger partial charge in [0.15, 0.2) is 0 Å². The predicted molar refractivity (Wildman–Crippen MR) is 125 cm³/mol. The lowest BCUT2D eigenvalue weighted by molar-refractivity contribution is -0.143. The van der Waals surface area contributed by atoms with Crippen molar-refractivity contribution in [1.29, 1.82) is 0 Å². The molecule has 0 unspecified atom stereocenters. The van der Waals surface area contributed by atoms with Crippen LogP contribution in [0.3, 0.4) is 0 Å². The van der Waals surface area contributed by atoms with Gasteiger partial charge in [-0.15, -0.1) is 0 Å². The number of amides is 3. The van der Waals surface area contributed by atoms with E-state index >= 15 is 0 Å². The molecule has 0 radical (unpaired) electrons. The van der Waals surface area contributed by atoms with Crippen LogP contribution in [0.15, 0.2) is 35.1 Å². The van der Waals surface area contributed by atoms with Crippen LogP contribution in [0.2, 0.25) is 0 Å². The topological polar surface area (TPSA) is 93.4 Å². The minimum atomic E-state index is -0.559. The number of hydrogen-bond donors (Lipinski definition) is 1. The molecule has 3 aliphatic rings. The largest absolute Gasteiger partial charge is 0.318 e. The number of halogens is 2. The zero-order valence-electron chi connectivity index (χ0n) is 17.5. The number of benzene rings is 1. The van der Waals surface area contributed by atoms with Crippen molar-refractivity contribution in [1.82, 2.24) is 14.3 Å². The first-order valence-corrected chi connectivity index (χ1v) is 12.3. The first kappa shape index (κ1) is 21.6. The Bertz CT molecular complexity index is 1160. The SMILES string of the molecule is Cc1c(NC(=O)CN2C(=O)[C@@H]3[C@H]4C[C@@H]([C@H](Br)[C@H]4Br)[C@H]3C2=O)c(=O)n(-c2ccccc2)n1C. The molecule has 6 atom stereocenters. The minimum absolute atomic E-state index is 0.0910. The van der Waals surface area contributed by atoms with Crippen LogP contribution in [0.1, 0.15) is 12.1 Å². The average molecular weight is 566 g/mol. The summed E-state index contributed by atoms with van der Waals surface area (Å²) in [6, 6.07) is 9.11. The van der Waals surface area contributed by atoms with Gasteiger partial charge < -0.3 is 5.32 Å². The number of fused-ring (bicyclic) bond motifs is 5.